The first-order valence-electron chi connectivity index (χ1n) is 10.0. The highest BCUT2D eigenvalue weighted by Gasteiger charge is 2.20. The summed E-state index contributed by atoms with van der Waals surface area (Å²) in [6.07, 6.45) is 0. The van der Waals surface area contributed by atoms with Gasteiger partial charge in [-0.3, -0.25) is 4.79 Å². The number of rotatable bonds is 6. The van der Waals surface area contributed by atoms with E-state index in [9.17, 15) is 14.3 Å². The Kier molecular flexibility index (Phi) is 6.04. The predicted molar refractivity (Wildman–Crippen MR) is 119 cm³/mol. The molecule has 1 aliphatic rings. The van der Waals surface area contributed by atoms with Crippen LogP contribution in [0.15, 0.2) is 48.5 Å². The smallest absolute Gasteiger partial charge is 0.248 e. The minimum atomic E-state index is -1.09. The van der Waals surface area contributed by atoms with Crippen molar-refractivity contribution < 1.29 is 19.0 Å². The molecule has 0 atom stereocenters. The SMILES string of the molecule is CC(C)(O)c1ccc(-c2ccc(Nc3cccc(CN4CCOCC4=O)n3)s2)c(F)c1. The fraction of sp³-hybridized carbons (Fsp3) is 0.304. The molecule has 162 valence electrons. The van der Waals surface area contributed by atoms with E-state index in [-0.39, 0.29) is 18.3 Å². The monoisotopic (exact) mass is 441 g/mol. The molecule has 3 aromatic rings. The quantitative estimate of drug-likeness (QED) is 0.597. The number of thiophene rings is 1. The number of benzene rings is 1. The van der Waals surface area contributed by atoms with Crippen molar-refractivity contribution in [2.45, 2.75) is 26.0 Å². The van der Waals surface area contributed by atoms with Crippen LogP contribution in [-0.2, 0) is 21.7 Å². The van der Waals surface area contributed by atoms with Crippen LogP contribution >= 0.6 is 11.3 Å². The summed E-state index contributed by atoms with van der Waals surface area (Å²) in [5, 5.41) is 14.2. The Morgan fingerprint density at radius 3 is 2.84 bits per heavy atom. The van der Waals surface area contributed by atoms with Gasteiger partial charge in [0, 0.05) is 17.0 Å². The summed E-state index contributed by atoms with van der Waals surface area (Å²) in [5.74, 6) is 0.250. The molecule has 0 saturated carbocycles. The molecule has 4 rings (SSSR count). The van der Waals surface area contributed by atoms with E-state index >= 15 is 0 Å². The number of nitrogens with one attached hydrogen (secondary N) is 1. The Balaban J connectivity index is 1.47. The summed E-state index contributed by atoms with van der Waals surface area (Å²) in [6, 6.07) is 14.2. The van der Waals surface area contributed by atoms with E-state index in [1.807, 2.05) is 30.3 Å². The molecule has 2 N–H and O–H groups in total. The van der Waals surface area contributed by atoms with Crippen molar-refractivity contribution in [3.63, 3.8) is 0 Å². The normalized spacial score (nSPS) is 14.7. The number of carbonyl (C=O) groups is 1. The fourth-order valence-corrected chi connectivity index (χ4v) is 4.26. The standard InChI is InChI=1S/C23H24FN3O3S/c1-23(2,29)15-6-7-17(18(24)12-15)19-8-9-21(31-19)26-20-5-3-4-16(25-20)13-27-10-11-30-14-22(27)28/h3-9,12,29H,10-11,13-14H2,1-2H3,(H,25,26). The Morgan fingerprint density at radius 1 is 1.26 bits per heavy atom. The van der Waals surface area contributed by atoms with Gasteiger partial charge >= 0.3 is 0 Å². The van der Waals surface area contributed by atoms with Gasteiger partial charge in [0.05, 0.1) is 29.4 Å². The molecular weight excluding hydrogens is 417 g/mol. The van der Waals surface area contributed by atoms with Gasteiger partial charge in [0.15, 0.2) is 0 Å². The summed E-state index contributed by atoms with van der Waals surface area (Å²) >= 11 is 1.42. The molecule has 31 heavy (non-hydrogen) atoms. The van der Waals surface area contributed by atoms with Crippen LogP contribution in [0, 0.1) is 5.82 Å². The van der Waals surface area contributed by atoms with Crippen molar-refractivity contribution in [1.29, 1.82) is 0 Å². The molecule has 1 aliphatic heterocycles. The number of aliphatic hydroxyl groups is 1. The number of halogens is 1. The number of anilines is 2. The summed E-state index contributed by atoms with van der Waals surface area (Å²) in [6.45, 7) is 4.91. The number of hydrogen-bond acceptors (Lipinski definition) is 6. The van der Waals surface area contributed by atoms with Crippen LogP contribution in [-0.4, -0.2) is 40.7 Å². The molecule has 0 unspecified atom stereocenters. The lowest BCUT2D eigenvalue weighted by Gasteiger charge is -2.26. The third-order valence-electron chi connectivity index (χ3n) is 5.04. The molecule has 3 heterocycles. The Bertz CT molecular complexity index is 1090. The van der Waals surface area contributed by atoms with Crippen LogP contribution in [0.5, 0.6) is 0 Å². The third-order valence-corrected chi connectivity index (χ3v) is 6.08. The molecule has 0 spiro atoms. The molecule has 1 fully saturated rings. The highest BCUT2D eigenvalue weighted by molar-refractivity contribution is 7.19. The zero-order valence-electron chi connectivity index (χ0n) is 17.4. The maximum atomic E-state index is 14.6. The van der Waals surface area contributed by atoms with Crippen molar-refractivity contribution in [1.82, 2.24) is 9.88 Å². The number of pyridine rings is 1. The van der Waals surface area contributed by atoms with Crippen molar-refractivity contribution in [2.75, 3.05) is 25.1 Å². The lowest BCUT2D eigenvalue weighted by molar-refractivity contribution is -0.143. The molecule has 1 aromatic carbocycles. The minimum absolute atomic E-state index is 0.0352. The fourth-order valence-electron chi connectivity index (χ4n) is 3.32. The van der Waals surface area contributed by atoms with E-state index in [1.165, 1.54) is 17.4 Å². The molecule has 0 radical (unpaired) electrons. The van der Waals surface area contributed by atoms with Crippen LogP contribution in [0.1, 0.15) is 25.1 Å². The molecule has 8 heteroatoms. The first kappa shape index (κ1) is 21.4. The maximum absolute atomic E-state index is 14.6. The second-order valence-corrected chi connectivity index (χ2v) is 9.01. The average molecular weight is 442 g/mol. The van der Waals surface area contributed by atoms with Gasteiger partial charge in [-0.05, 0) is 49.7 Å². The van der Waals surface area contributed by atoms with Crippen molar-refractivity contribution in [2.24, 2.45) is 0 Å². The van der Waals surface area contributed by atoms with Crippen LogP contribution < -0.4 is 5.32 Å². The number of ether oxygens (including phenoxy) is 1. The highest BCUT2D eigenvalue weighted by Crippen LogP contribution is 2.35. The average Bonchev–Trinajstić information content (AvgIpc) is 3.17. The third kappa shape index (κ3) is 5.10. The summed E-state index contributed by atoms with van der Waals surface area (Å²) in [7, 11) is 0. The van der Waals surface area contributed by atoms with Gasteiger partial charge < -0.3 is 20.1 Å². The van der Waals surface area contributed by atoms with Crippen LogP contribution in [0.3, 0.4) is 0 Å². The van der Waals surface area contributed by atoms with E-state index in [0.29, 0.717) is 36.6 Å². The molecule has 1 amide bonds. The Hall–Kier alpha value is -2.81. The zero-order valence-corrected chi connectivity index (χ0v) is 18.2. The van der Waals surface area contributed by atoms with Gasteiger partial charge in [0.25, 0.3) is 0 Å². The van der Waals surface area contributed by atoms with E-state index < -0.39 is 5.60 Å². The zero-order chi connectivity index (χ0) is 22.0. The van der Waals surface area contributed by atoms with Crippen LogP contribution in [0.4, 0.5) is 15.2 Å². The maximum Gasteiger partial charge on any atom is 0.248 e. The molecule has 0 aliphatic carbocycles. The number of morpholine rings is 1. The number of aromatic nitrogens is 1. The van der Waals surface area contributed by atoms with E-state index in [4.69, 9.17) is 4.74 Å². The number of nitrogens with zero attached hydrogens (tertiary/aromatic N) is 2. The van der Waals surface area contributed by atoms with Gasteiger partial charge in [-0.15, -0.1) is 11.3 Å². The van der Waals surface area contributed by atoms with Crippen LogP contribution in [0.2, 0.25) is 0 Å². The molecule has 0 bridgehead atoms. The van der Waals surface area contributed by atoms with Crippen molar-refractivity contribution in [3.8, 4) is 10.4 Å². The molecule has 6 nitrogen and oxygen atoms in total. The molecular formula is C23H24FN3O3S. The molecule has 1 saturated heterocycles. The first-order valence-corrected chi connectivity index (χ1v) is 10.8. The van der Waals surface area contributed by atoms with Crippen molar-refractivity contribution >= 4 is 28.1 Å². The number of carbonyl (C=O) groups excluding carboxylic acids is 1. The Morgan fingerprint density at radius 2 is 2.10 bits per heavy atom. The predicted octanol–water partition coefficient (Wildman–Crippen LogP) is 4.28. The lowest BCUT2D eigenvalue weighted by atomic mass is 9.97. The minimum Gasteiger partial charge on any atom is -0.386 e. The second-order valence-electron chi connectivity index (χ2n) is 7.92. The van der Waals surface area contributed by atoms with E-state index in [2.05, 4.69) is 10.3 Å². The Labute approximate surface area is 184 Å². The number of hydrogen-bond donors (Lipinski definition) is 2. The van der Waals surface area contributed by atoms with E-state index in [0.717, 1.165) is 15.6 Å². The topological polar surface area (TPSA) is 74.7 Å². The van der Waals surface area contributed by atoms with Crippen LogP contribution in [0.25, 0.3) is 10.4 Å². The second kappa shape index (κ2) is 8.74. The largest absolute Gasteiger partial charge is 0.386 e. The lowest BCUT2D eigenvalue weighted by Crippen LogP contribution is -2.41. The highest BCUT2D eigenvalue weighted by atomic mass is 32.1. The van der Waals surface area contributed by atoms with Gasteiger partial charge in [-0.25, -0.2) is 9.37 Å². The van der Waals surface area contributed by atoms with E-state index in [1.54, 1.807) is 30.9 Å². The number of amides is 1. The van der Waals surface area contributed by atoms with Gasteiger partial charge in [-0.1, -0.05) is 18.2 Å². The summed E-state index contributed by atoms with van der Waals surface area (Å²) in [5.41, 5.74) is 0.705. The van der Waals surface area contributed by atoms with Gasteiger partial charge in [-0.2, -0.15) is 0 Å². The summed E-state index contributed by atoms with van der Waals surface area (Å²) in [4.78, 5) is 19.0. The van der Waals surface area contributed by atoms with Crippen molar-refractivity contribution in [3.05, 3.63) is 65.6 Å². The molecule has 2 aromatic heterocycles. The van der Waals surface area contributed by atoms with Gasteiger partial charge in [0.2, 0.25) is 5.91 Å². The first-order chi connectivity index (χ1) is 14.8. The van der Waals surface area contributed by atoms with Gasteiger partial charge in [0.1, 0.15) is 18.2 Å². The summed E-state index contributed by atoms with van der Waals surface area (Å²) < 4.78 is 19.8.